The standard InChI is InChI=1S/C21H14F8N2O/c22-18(23)20(26,27)21(28,29)19(24,25)12-32-17-9-7-15(8-10-17)30-31-16-6-5-13-3-1-2-4-14(13)11-16/h1-11,18H,12H2. The molecular weight excluding hydrogens is 448 g/mol. The molecule has 3 aromatic rings. The summed E-state index contributed by atoms with van der Waals surface area (Å²) in [4.78, 5) is 0. The van der Waals surface area contributed by atoms with Crippen molar-refractivity contribution < 1.29 is 39.9 Å². The highest BCUT2D eigenvalue weighted by Gasteiger charge is 2.75. The molecule has 0 unspecified atom stereocenters. The van der Waals surface area contributed by atoms with Gasteiger partial charge in [-0.15, -0.1) is 0 Å². The van der Waals surface area contributed by atoms with Crippen molar-refractivity contribution in [1.82, 2.24) is 0 Å². The zero-order chi connectivity index (χ0) is 23.6. The van der Waals surface area contributed by atoms with Gasteiger partial charge in [0.1, 0.15) is 5.75 Å². The SMILES string of the molecule is FC(F)C(F)(F)C(F)(F)C(F)(F)COc1ccc(N=Nc2ccc3ccccc3c2)cc1. The Hall–Kier alpha value is -3.24. The number of benzene rings is 3. The summed E-state index contributed by atoms with van der Waals surface area (Å²) in [5.74, 6) is -18.5. The Morgan fingerprint density at radius 2 is 1.28 bits per heavy atom. The molecule has 0 spiro atoms. The van der Waals surface area contributed by atoms with Crippen LogP contribution in [-0.4, -0.2) is 30.8 Å². The molecule has 0 heterocycles. The van der Waals surface area contributed by atoms with Gasteiger partial charge >= 0.3 is 24.2 Å². The fraction of sp³-hybridized carbons (Fsp3) is 0.238. The lowest BCUT2D eigenvalue weighted by atomic mass is 10.1. The normalized spacial score (nSPS) is 13.3. The van der Waals surface area contributed by atoms with Crippen LogP contribution in [0.3, 0.4) is 0 Å². The Kier molecular flexibility index (Phi) is 6.38. The molecule has 11 heteroatoms. The fourth-order valence-corrected chi connectivity index (χ4v) is 2.61. The molecule has 170 valence electrons. The fourth-order valence-electron chi connectivity index (χ4n) is 2.61. The van der Waals surface area contributed by atoms with Gasteiger partial charge in [0.15, 0.2) is 6.61 Å². The molecular formula is C21H14F8N2O. The first-order valence-corrected chi connectivity index (χ1v) is 8.99. The van der Waals surface area contributed by atoms with E-state index in [1.54, 1.807) is 12.1 Å². The molecule has 0 aliphatic carbocycles. The number of azo groups is 1. The summed E-state index contributed by atoms with van der Waals surface area (Å²) in [6.07, 6.45) is -4.98. The van der Waals surface area contributed by atoms with Crippen molar-refractivity contribution in [2.24, 2.45) is 10.2 Å². The van der Waals surface area contributed by atoms with Crippen LogP contribution in [0.4, 0.5) is 46.5 Å². The monoisotopic (exact) mass is 462 g/mol. The molecule has 3 nitrogen and oxygen atoms in total. The number of alkyl halides is 8. The van der Waals surface area contributed by atoms with E-state index in [-0.39, 0.29) is 11.4 Å². The summed E-state index contributed by atoms with van der Waals surface area (Å²) in [6, 6.07) is 17.5. The minimum atomic E-state index is -6.32. The quantitative estimate of drug-likeness (QED) is 0.248. The number of hydrogen-bond donors (Lipinski definition) is 0. The van der Waals surface area contributed by atoms with Crippen molar-refractivity contribution in [2.45, 2.75) is 24.2 Å². The molecule has 3 rings (SSSR count). The Balaban J connectivity index is 1.65. The van der Waals surface area contributed by atoms with E-state index in [2.05, 4.69) is 15.0 Å². The minimum absolute atomic E-state index is 0.256. The highest BCUT2D eigenvalue weighted by atomic mass is 19.4. The van der Waals surface area contributed by atoms with Gasteiger partial charge in [-0.25, -0.2) is 8.78 Å². The van der Waals surface area contributed by atoms with Gasteiger partial charge in [-0.2, -0.15) is 36.6 Å². The van der Waals surface area contributed by atoms with E-state index >= 15 is 0 Å². The maximum atomic E-state index is 13.5. The lowest BCUT2D eigenvalue weighted by Gasteiger charge is -2.31. The van der Waals surface area contributed by atoms with Gasteiger partial charge in [-0.3, -0.25) is 0 Å². The Bertz CT molecular complexity index is 1100. The summed E-state index contributed by atoms with van der Waals surface area (Å²) in [5.41, 5.74) is 0.790. The van der Waals surface area contributed by atoms with Crippen LogP contribution in [0.15, 0.2) is 77.0 Å². The molecule has 0 bridgehead atoms. The third kappa shape index (κ3) is 4.66. The van der Waals surface area contributed by atoms with Gasteiger partial charge in [-0.1, -0.05) is 30.3 Å². The van der Waals surface area contributed by atoms with Crippen molar-refractivity contribution >= 4 is 22.1 Å². The first kappa shape index (κ1) is 23.4. The van der Waals surface area contributed by atoms with E-state index in [0.717, 1.165) is 22.9 Å². The number of rotatable bonds is 8. The highest BCUT2D eigenvalue weighted by molar-refractivity contribution is 5.85. The molecule has 32 heavy (non-hydrogen) atoms. The van der Waals surface area contributed by atoms with Gasteiger partial charge in [-0.05, 0) is 47.2 Å². The third-order valence-corrected chi connectivity index (χ3v) is 4.42. The van der Waals surface area contributed by atoms with E-state index in [1.165, 1.54) is 12.1 Å². The van der Waals surface area contributed by atoms with Crippen LogP contribution in [0.1, 0.15) is 0 Å². The van der Waals surface area contributed by atoms with Gasteiger partial charge in [0, 0.05) is 0 Å². The average Bonchev–Trinajstić information content (AvgIpc) is 2.76. The number of halogens is 8. The highest BCUT2D eigenvalue weighted by Crippen LogP contribution is 2.48. The number of nitrogens with zero attached hydrogens (tertiary/aromatic N) is 2. The topological polar surface area (TPSA) is 34.0 Å². The van der Waals surface area contributed by atoms with Crippen molar-refractivity contribution in [2.75, 3.05) is 6.61 Å². The maximum absolute atomic E-state index is 13.5. The molecule has 0 radical (unpaired) electrons. The molecule has 0 aliphatic heterocycles. The van der Waals surface area contributed by atoms with Crippen LogP contribution in [0.25, 0.3) is 10.8 Å². The molecule has 0 fully saturated rings. The van der Waals surface area contributed by atoms with E-state index in [0.29, 0.717) is 5.69 Å². The van der Waals surface area contributed by atoms with Crippen LogP contribution in [-0.2, 0) is 0 Å². The summed E-state index contributed by atoms with van der Waals surface area (Å²) in [6.45, 7) is -2.24. The van der Waals surface area contributed by atoms with Crippen LogP contribution in [0.5, 0.6) is 5.75 Å². The molecule has 0 amide bonds. The predicted octanol–water partition coefficient (Wildman–Crippen LogP) is 7.81. The first-order chi connectivity index (χ1) is 14.9. The lowest BCUT2D eigenvalue weighted by Crippen LogP contribution is -2.59. The molecule has 0 N–H and O–H groups in total. The summed E-state index contributed by atoms with van der Waals surface area (Å²) < 4.78 is 108. The molecule has 0 atom stereocenters. The van der Waals surface area contributed by atoms with E-state index in [9.17, 15) is 35.1 Å². The average molecular weight is 462 g/mol. The second-order valence-electron chi connectivity index (χ2n) is 6.72. The molecule has 3 aromatic carbocycles. The Morgan fingerprint density at radius 3 is 1.91 bits per heavy atom. The van der Waals surface area contributed by atoms with Crippen LogP contribution < -0.4 is 4.74 Å². The second-order valence-corrected chi connectivity index (χ2v) is 6.72. The van der Waals surface area contributed by atoms with Crippen LogP contribution in [0, 0.1) is 0 Å². The maximum Gasteiger partial charge on any atom is 0.381 e. The largest absolute Gasteiger partial charge is 0.487 e. The Labute approximate surface area is 176 Å². The zero-order valence-electron chi connectivity index (χ0n) is 16.0. The summed E-state index contributed by atoms with van der Waals surface area (Å²) >= 11 is 0. The zero-order valence-corrected chi connectivity index (χ0v) is 16.0. The minimum Gasteiger partial charge on any atom is -0.487 e. The predicted molar refractivity (Wildman–Crippen MR) is 101 cm³/mol. The lowest BCUT2D eigenvalue weighted by molar-refractivity contribution is -0.342. The van der Waals surface area contributed by atoms with E-state index < -0.39 is 30.8 Å². The van der Waals surface area contributed by atoms with Gasteiger partial charge in [0.05, 0.1) is 11.4 Å². The molecule has 0 aromatic heterocycles. The van der Waals surface area contributed by atoms with Crippen molar-refractivity contribution in [3.05, 3.63) is 66.7 Å². The molecule has 0 saturated carbocycles. The van der Waals surface area contributed by atoms with Crippen LogP contribution in [0.2, 0.25) is 0 Å². The van der Waals surface area contributed by atoms with Gasteiger partial charge in [0.25, 0.3) is 0 Å². The van der Waals surface area contributed by atoms with E-state index in [1.807, 2.05) is 30.3 Å². The number of fused-ring (bicyclic) bond motifs is 1. The van der Waals surface area contributed by atoms with E-state index in [4.69, 9.17) is 0 Å². The van der Waals surface area contributed by atoms with Crippen molar-refractivity contribution in [3.63, 3.8) is 0 Å². The van der Waals surface area contributed by atoms with Crippen molar-refractivity contribution in [3.8, 4) is 5.75 Å². The Morgan fingerprint density at radius 1 is 0.719 bits per heavy atom. The number of hydrogen-bond acceptors (Lipinski definition) is 3. The third-order valence-electron chi connectivity index (χ3n) is 4.42. The van der Waals surface area contributed by atoms with Gasteiger partial charge < -0.3 is 4.74 Å². The molecule has 0 saturated heterocycles. The smallest absolute Gasteiger partial charge is 0.381 e. The van der Waals surface area contributed by atoms with Crippen LogP contribution >= 0.6 is 0 Å². The number of ether oxygens (including phenoxy) is 1. The second kappa shape index (κ2) is 8.71. The summed E-state index contributed by atoms with van der Waals surface area (Å²) in [5, 5.41) is 9.91. The van der Waals surface area contributed by atoms with Gasteiger partial charge in [0.2, 0.25) is 0 Å². The molecule has 0 aliphatic rings. The van der Waals surface area contributed by atoms with Crippen molar-refractivity contribution in [1.29, 1.82) is 0 Å². The summed E-state index contributed by atoms with van der Waals surface area (Å²) in [7, 11) is 0. The first-order valence-electron chi connectivity index (χ1n) is 8.99.